The fourth-order valence-electron chi connectivity index (χ4n) is 2.58. The Morgan fingerprint density at radius 1 is 1.08 bits per heavy atom. The third kappa shape index (κ3) is 2.25. The first kappa shape index (κ1) is 12.5. The molecule has 2 aliphatic rings. The molecule has 0 aromatic rings. The van der Waals surface area contributed by atoms with Crippen LogP contribution in [0.25, 0.3) is 0 Å². The average Bonchev–Trinajstić information content (AvgIpc) is 2.21. The van der Waals surface area contributed by atoms with Crippen molar-refractivity contribution in [3.63, 3.8) is 0 Å². The summed E-state index contributed by atoms with van der Waals surface area (Å²) < 4.78 is 0. The SMILES string of the molecule is CN1C[C@H]2CC(N)C[C@H]2C1.Cl.Cl. The van der Waals surface area contributed by atoms with Gasteiger partial charge in [0.25, 0.3) is 0 Å². The van der Waals surface area contributed by atoms with Gasteiger partial charge in [0, 0.05) is 19.1 Å². The second kappa shape index (κ2) is 4.66. The fraction of sp³-hybridized carbons (Fsp3) is 1.00. The monoisotopic (exact) mass is 212 g/mol. The highest BCUT2D eigenvalue weighted by Crippen LogP contribution is 2.36. The molecule has 0 radical (unpaired) electrons. The third-order valence-corrected chi connectivity index (χ3v) is 2.97. The molecule has 0 spiro atoms. The van der Waals surface area contributed by atoms with E-state index in [1.165, 1.54) is 25.9 Å². The Morgan fingerprint density at radius 2 is 1.50 bits per heavy atom. The molecule has 4 heteroatoms. The molecular weight excluding hydrogens is 195 g/mol. The number of halogens is 2. The van der Waals surface area contributed by atoms with Gasteiger partial charge in [0.2, 0.25) is 0 Å². The Bertz CT molecular complexity index is 115. The van der Waals surface area contributed by atoms with Gasteiger partial charge in [-0.1, -0.05) is 0 Å². The van der Waals surface area contributed by atoms with Gasteiger partial charge in [-0.2, -0.15) is 0 Å². The van der Waals surface area contributed by atoms with Gasteiger partial charge < -0.3 is 10.6 Å². The summed E-state index contributed by atoms with van der Waals surface area (Å²) in [5, 5.41) is 0. The molecule has 1 aliphatic carbocycles. The van der Waals surface area contributed by atoms with Crippen molar-refractivity contribution in [2.75, 3.05) is 20.1 Å². The maximum atomic E-state index is 5.85. The first-order valence-corrected chi connectivity index (χ1v) is 4.20. The average molecular weight is 213 g/mol. The minimum atomic E-state index is 0. The van der Waals surface area contributed by atoms with E-state index >= 15 is 0 Å². The predicted octanol–water partition coefficient (Wildman–Crippen LogP) is 1.13. The van der Waals surface area contributed by atoms with E-state index in [0.29, 0.717) is 6.04 Å². The van der Waals surface area contributed by atoms with Crippen LogP contribution in [0.1, 0.15) is 12.8 Å². The smallest absolute Gasteiger partial charge is 0.00452 e. The zero-order valence-corrected chi connectivity index (χ0v) is 9.03. The second-order valence-corrected chi connectivity index (χ2v) is 3.97. The van der Waals surface area contributed by atoms with E-state index < -0.39 is 0 Å². The Morgan fingerprint density at radius 3 is 1.92 bits per heavy atom. The molecular formula is C8H18Cl2N2. The number of likely N-dealkylation sites (tertiary alicyclic amines) is 1. The highest BCUT2D eigenvalue weighted by atomic mass is 35.5. The summed E-state index contributed by atoms with van der Waals surface area (Å²) in [6, 6.07) is 0.517. The van der Waals surface area contributed by atoms with Crippen molar-refractivity contribution < 1.29 is 0 Å². The number of nitrogens with zero attached hydrogens (tertiary/aromatic N) is 1. The van der Waals surface area contributed by atoms with Crippen LogP contribution >= 0.6 is 24.8 Å². The van der Waals surface area contributed by atoms with E-state index in [1.807, 2.05) is 0 Å². The molecule has 12 heavy (non-hydrogen) atoms. The van der Waals surface area contributed by atoms with Gasteiger partial charge in [-0.15, -0.1) is 24.8 Å². The van der Waals surface area contributed by atoms with Crippen LogP contribution in [-0.4, -0.2) is 31.1 Å². The molecule has 0 aromatic heterocycles. The molecule has 74 valence electrons. The van der Waals surface area contributed by atoms with Gasteiger partial charge in [0.05, 0.1) is 0 Å². The highest BCUT2D eigenvalue weighted by molar-refractivity contribution is 5.85. The Balaban J connectivity index is 0.000000605. The summed E-state index contributed by atoms with van der Waals surface area (Å²) in [5.74, 6) is 1.86. The van der Waals surface area contributed by atoms with Crippen LogP contribution in [0.15, 0.2) is 0 Å². The normalized spacial score (nSPS) is 40.0. The number of fused-ring (bicyclic) bond motifs is 1. The molecule has 1 saturated carbocycles. The highest BCUT2D eigenvalue weighted by Gasteiger charge is 2.37. The van der Waals surface area contributed by atoms with Crippen molar-refractivity contribution in [2.24, 2.45) is 17.6 Å². The molecule has 1 unspecified atom stereocenters. The maximum Gasteiger partial charge on any atom is 0.00452 e. The Hall–Kier alpha value is 0.500. The molecule has 2 fully saturated rings. The van der Waals surface area contributed by atoms with Crippen LogP contribution in [0, 0.1) is 11.8 Å². The molecule has 0 bridgehead atoms. The lowest BCUT2D eigenvalue weighted by molar-refractivity contribution is 0.371. The topological polar surface area (TPSA) is 29.3 Å². The van der Waals surface area contributed by atoms with E-state index in [0.717, 1.165) is 11.8 Å². The molecule has 2 N–H and O–H groups in total. The summed E-state index contributed by atoms with van der Waals surface area (Å²) in [5.41, 5.74) is 5.85. The minimum Gasteiger partial charge on any atom is -0.328 e. The van der Waals surface area contributed by atoms with Gasteiger partial charge in [-0.05, 0) is 31.7 Å². The van der Waals surface area contributed by atoms with Crippen molar-refractivity contribution in [3.05, 3.63) is 0 Å². The molecule has 3 atom stereocenters. The van der Waals surface area contributed by atoms with Crippen molar-refractivity contribution in [2.45, 2.75) is 18.9 Å². The lowest BCUT2D eigenvalue weighted by atomic mass is 10.0. The Labute approximate surface area is 86.7 Å². The molecule has 1 heterocycles. The van der Waals surface area contributed by atoms with Crippen LogP contribution in [0.2, 0.25) is 0 Å². The summed E-state index contributed by atoms with van der Waals surface area (Å²) >= 11 is 0. The molecule has 2 nitrogen and oxygen atoms in total. The van der Waals surface area contributed by atoms with Crippen molar-refractivity contribution >= 4 is 24.8 Å². The molecule has 1 saturated heterocycles. The van der Waals surface area contributed by atoms with Crippen molar-refractivity contribution in [1.82, 2.24) is 4.90 Å². The summed E-state index contributed by atoms with van der Waals surface area (Å²) in [4.78, 5) is 2.43. The van der Waals surface area contributed by atoms with Gasteiger partial charge in [-0.25, -0.2) is 0 Å². The zero-order valence-electron chi connectivity index (χ0n) is 7.40. The summed E-state index contributed by atoms with van der Waals surface area (Å²) in [6.07, 6.45) is 2.55. The lowest BCUT2D eigenvalue weighted by Gasteiger charge is -2.09. The van der Waals surface area contributed by atoms with Crippen molar-refractivity contribution in [1.29, 1.82) is 0 Å². The van der Waals surface area contributed by atoms with Crippen LogP contribution in [-0.2, 0) is 0 Å². The predicted molar refractivity (Wildman–Crippen MR) is 56.2 cm³/mol. The van der Waals surface area contributed by atoms with Crippen molar-refractivity contribution in [3.8, 4) is 0 Å². The van der Waals surface area contributed by atoms with Gasteiger partial charge in [0.15, 0.2) is 0 Å². The first-order chi connectivity index (χ1) is 4.75. The van der Waals surface area contributed by atoms with Gasteiger partial charge in [-0.3, -0.25) is 0 Å². The lowest BCUT2D eigenvalue weighted by Crippen LogP contribution is -2.22. The largest absolute Gasteiger partial charge is 0.328 e. The van der Waals surface area contributed by atoms with E-state index in [1.54, 1.807) is 0 Å². The Kier molecular flexibility index (Phi) is 4.85. The van der Waals surface area contributed by atoms with Crippen LogP contribution in [0.5, 0.6) is 0 Å². The quantitative estimate of drug-likeness (QED) is 0.653. The second-order valence-electron chi connectivity index (χ2n) is 3.97. The standard InChI is InChI=1S/C8H16N2.2ClH/c1-10-4-6-2-8(9)3-7(6)5-10;;/h6-8H,2-5,9H2,1H3;2*1H/t6-,7+,8?;;. The van der Waals surface area contributed by atoms with E-state index in [9.17, 15) is 0 Å². The summed E-state index contributed by atoms with van der Waals surface area (Å²) in [6.45, 7) is 2.58. The van der Waals surface area contributed by atoms with Crippen LogP contribution in [0.3, 0.4) is 0 Å². The molecule has 1 aliphatic heterocycles. The number of hydrogen-bond acceptors (Lipinski definition) is 2. The third-order valence-electron chi connectivity index (χ3n) is 2.97. The number of nitrogens with two attached hydrogens (primary N) is 1. The van der Waals surface area contributed by atoms with E-state index in [2.05, 4.69) is 11.9 Å². The van der Waals surface area contributed by atoms with Gasteiger partial charge in [0.1, 0.15) is 0 Å². The summed E-state index contributed by atoms with van der Waals surface area (Å²) in [7, 11) is 2.21. The minimum absolute atomic E-state index is 0. The van der Waals surface area contributed by atoms with E-state index in [-0.39, 0.29) is 24.8 Å². The molecule has 0 aromatic carbocycles. The first-order valence-electron chi connectivity index (χ1n) is 4.20. The molecule has 2 rings (SSSR count). The van der Waals surface area contributed by atoms with Gasteiger partial charge >= 0.3 is 0 Å². The van der Waals surface area contributed by atoms with Crippen LogP contribution in [0.4, 0.5) is 0 Å². The van der Waals surface area contributed by atoms with Crippen LogP contribution < -0.4 is 5.73 Å². The number of rotatable bonds is 0. The van der Waals surface area contributed by atoms with E-state index in [4.69, 9.17) is 5.73 Å². The maximum absolute atomic E-state index is 5.85. The number of hydrogen-bond donors (Lipinski definition) is 1. The molecule has 0 amide bonds. The zero-order chi connectivity index (χ0) is 7.14. The fourth-order valence-corrected chi connectivity index (χ4v) is 2.58.